The van der Waals surface area contributed by atoms with E-state index < -0.39 is 10.0 Å². The Labute approximate surface area is 182 Å². The number of hydrogen-bond donors (Lipinski definition) is 1. The van der Waals surface area contributed by atoms with Gasteiger partial charge in [-0.25, -0.2) is 8.42 Å². The Kier molecular flexibility index (Phi) is 5.95. The smallest absolute Gasteiger partial charge is 0.264 e. The maximum Gasteiger partial charge on any atom is 0.264 e. The lowest BCUT2D eigenvalue weighted by atomic mass is 10.0. The Balaban J connectivity index is 1.42. The third-order valence-corrected chi connectivity index (χ3v) is 6.98. The predicted molar refractivity (Wildman–Crippen MR) is 121 cm³/mol. The molecule has 6 nitrogen and oxygen atoms in total. The minimum atomic E-state index is -3.67. The summed E-state index contributed by atoms with van der Waals surface area (Å²) in [5.41, 5.74) is 3.53. The fourth-order valence-corrected chi connectivity index (χ4v) is 5.19. The Morgan fingerprint density at radius 1 is 1.03 bits per heavy atom. The van der Waals surface area contributed by atoms with Crippen molar-refractivity contribution < 1.29 is 17.9 Å². The van der Waals surface area contributed by atoms with E-state index in [1.807, 2.05) is 55.5 Å². The fourth-order valence-electron chi connectivity index (χ4n) is 3.65. The van der Waals surface area contributed by atoms with Gasteiger partial charge in [0.2, 0.25) is 0 Å². The quantitative estimate of drug-likeness (QED) is 0.630. The second-order valence-corrected chi connectivity index (χ2v) is 9.35. The molecule has 0 aromatic heterocycles. The number of carbonyl (C=O) groups excluding carboxylic acids is 1. The van der Waals surface area contributed by atoms with E-state index >= 15 is 0 Å². The molecule has 1 aliphatic heterocycles. The van der Waals surface area contributed by atoms with Crippen LogP contribution in [0.2, 0.25) is 0 Å². The van der Waals surface area contributed by atoms with Gasteiger partial charge in [-0.3, -0.25) is 9.10 Å². The van der Waals surface area contributed by atoms with Gasteiger partial charge in [0.05, 0.1) is 10.6 Å². The number of para-hydroxylation sites is 1. The zero-order valence-corrected chi connectivity index (χ0v) is 18.1. The monoisotopic (exact) mass is 436 g/mol. The Morgan fingerprint density at radius 3 is 2.58 bits per heavy atom. The topological polar surface area (TPSA) is 75.7 Å². The van der Waals surface area contributed by atoms with E-state index in [0.29, 0.717) is 18.0 Å². The van der Waals surface area contributed by atoms with E-state index in [9.17, 15) is 13.2 Å². The van der Waals surface area contributed by atoms with Gasteiger partial charge in [-0.2, -0.15) is 0 Å². The number of nitrogens with one attached hydrogen (secondary N) is 1. The Morgan fingerprint density at radius 2 is 1.81 bits per heavy atom. The summed E-state index contributed by atoms with van der Waals surface area (Å²) in [5.74, 6) is 0.143. The number of carbonyl (C=O) groups is 1. The molecular weight excluding hydrogens is 412 g/mol. The largest absolute Gasteiger partial charge is 0.484 e. The molecule has 1 heterocycles. The molecule has 31 heavy (non-hydrogen) atoms. The molecule has 0 bridgehead atoms. The first kappa shape index (κ1) is 20.9. The standard InChI is InChI=1S/C24H24N2O4S/c1-18-6-4-9-20(16-18)25-24(27)17-30-21-11-13-22(14-12-21)31(28,29)26-15-5-8-19-7-2-3-10-23(19)26/h2-4,6-7,9-14,16H,5,8,15,17H2,1H3,(H,25,27). The van der Waals surface area contributed by atoms with E-state index in [2.05, 4.69) is 5.32 Å². The zero-order chi connectivity index (χ0) is 21.8. The molecule has 0 saturated carbocycles. The summed E-state index contributed by atoms with van der Waals surface area (Å²) in [4.78, 5) is 12.3. The molecule has 0 aliphatic carbocycles. The van der Waals surface area contributed by atoms with Crippen LogP contribution in [0.25, 0.3) is 0 Å². The van der Waals surface area contributed by atoms with Gasteiger partial charge >= 0.3 is 0 Å². The van der Waals surface area contributed by atoms with Gasteiger partial charge in [0.1, 0.15) is 5.75 Å². The molecule has 1 N–H and O–H groups in total. The summed E-state index contributed by atoms with van der Waals surface area (Å²) in [6.07, 6.45) is 1.66. The molecule has 0 spiro atoms. The van der Waals surface area contributed by atoms with Crippen molar-refractivity contribution in [2.75, 3.05) is 22.8 Å². The molecule has 0 saturated heterocycles. The number of nitrogens with zero attached hydrogens (tertiary/aromatic N) is 1. The summed E-state index contributed by atoms with van der Waals surface area (Å²) in [5, 5.41) is 2.77. The van der Waals surface area contributed by atoms with Crippen LogP contribution in [-0.4, -0.2) is 27.5 Å². The molecule has 1 aliphatic rings. The van der Waals surface area contributed by atoms with Crippen LogP contribution in [0.5, 0.6) is 5.75 Å². The zero-order valence-electron chi connectivity index (χ0n) is 17.2. The number of fused-ring (bicyclic) bond motifs is 1. The number of rotatable bonds is 6. The fraction of sp³-hybridized carbons (Fsp3) is 0.208. The normalized spacial score (nSPS) is 13.4. The molecule has 7 heteroatoms. The summed E-state index contributed by atoms with van der Waals surface area (Å²) >= 11 is 0. The first-order valence-electron chi connectivity index (χ1n) is 10.1. The number of ether oxygens (including phenoxy) is 1. The number of benzene rings is 3. The number of aryl methyl sites for hydroxylation is 2. The second kappa shape index (κ2) is 8.81. The molecule has 0 fully saturated rings. The molecule has 3 aromatic carbocycles. The molecule has 0 atom stereocenters. The van der Waals surface area contributed by atoms with E-state index in [0.717, 1.165) is 29.7 Å². The van der Waals surface area contributed by atoms with E-state index in [1.54, 1.807) is 12.1 Å². The average Bonchev–Trinajstić information content (AvgIpc) is 2.77. The van der Waals surface area contributed by atoms with E-state index in [-0.39, 0.29) is 17.4 Å². The van der Waals surface area contributed by atoms with Crippen molar-refractivity contribution in [1.82, 2.24) is 0 Å². The Hall–Kier alpha value is -3.32. The molecule has 3 aromatic rings. The van der Waals surface area contributed by atoms with Crippen molar-refractivity contribution in [3.8, 4) is 5.75 Å². The first-order chi connectivity index (χ1) is 14.9. The third-order valence-electron chi connectivity index (χ3n) is 5.15. The van der Waals surface area contributed by atoms with Gasteiger partial charge in [-0.15, -0.1) is 0 Å². The van der Waals surface area contributed by atoms with Crippen molar-refractivity contribution in [2.45, 2.75) is 24.7 Å². The van der Waals surface area contributed by atoms with Gasteiger partial charge in [-0.05, 0) is 73.4 Å². The summed E-state index contributed by atoms with van der Waals surface area (Å²) in [7, 11) is -3.67. The number of sulfonamides is 1. The van der Waals surface area contributed by atoms with E-state index in [4.69, 9.17) is 4.74 Å². The van der Waals surface area contributed by atoms with Crippen LogP contribution in [0, 0.1) is 6.92 Å². The highest BCUT2D eigenvalue weighted by molar-refractivity contribution is 7.92. The molecule has 4 rings (SSSR count). The molecule has 0 radical (unpaired) electrons. The third kappa shape index (κ3) is 4.72. The van der Waals surface area contributed by atoms with Crippen LogP contribution in [0.15, 0.2) is 77.7 Å². The Bertz CT molecular complexity index is 1190. The van der Waals surface area contributed by atoms with Crippen molar-refractivity contribution in [1.29, 1.82) is 0 Å². The van der Waals surface area contributed by atoms with Crippen LogP contribution in [-0.2, 0) is 21.2 Å². The van der Waals surface area contributed by atoms with Gasteiger partial charge in [0.25, 0.3) is 15.9 Å². The first-order valence-corrected chi connectivity index (χ1v) is 11.6. The van der Waals surface area contributed by atoms with Crippen LogP contribution in [0.3, 0.4) is 0 Å². The van der Waals surface area contributed by atoms with Gasteiger partial charge in [-0.1, -0.05) is 30.3 Å². The minimum absolute atomic E-state index is 0.167. The number of amides is 1. The lowest BCUT2D eigenvalue weighted by Crippen LogP contribution is -2.35. The molecular formula is C24H24N2O4S. The SMILES string of the molecule is Cc1cccc(NC(=O)COc2ccc(S(=O)(=O)N3CCCc4ccccc43)cc2)c1. The van der Waals surface area contributed by atoms with Gasteiger partial charge < -0.3 is 10.1 Å². The van der Waals surface area contributed by atoms with Crippen LogP contribution >= 0.6 is 0 Å². The van der Waals surface area contributed by atoms with Gasteiger partial charge in [0.15, 0.2) is 6.61 Å². The number of hydrogen-bond acceptors (Lipinski definition) is 4. The summed E-state index contributed by atoms with van der Waals surface area (Å²) < 4.78 is 33.3. The van der Waals surface area contributed by atoms with Crippen LogP contribution in [0.1, 0.15) is 17.5 Å². The molecule has 0 unspecified atom stereocenters. The average molecular weight is 437 g/mol. The maximum atomic E-state index is 13.2. The highest BCUT2D eigenvalue weighted by atomic mass is 32.2. The van der Waals surface area contributed by atoms with Crippen molar-refractivity contribution in [3.05, 3.63) is 83.9 Å². The van der Waals surface area contributed by atoms with Crippen molar-refractivity contribution in [3.63, 3.8) is 0 Å². The lowest BCUT2D eigenvalue weighted by Gasteiger charge is -2.30. The number of anilines is 2. The van der Waals surface area contributed by atoms with Crippen molar-refractivity contribution in [2.24, 2.45) is 0 Å². The summed E-state index contributed by atoms with van der Waals surface area (Å²) in [6.45, 7) is 2.24. The minimum Gasteiger partial charge on any atom is -0.484 e. The molecule has 160 valence electrons. The second-order valence-electron chi connectivity index (χ2n) is 7.49. The summed E-state index contributed by atoms with van der Waals surface area (Å²) in [6, 6.07) is 21.3. The highest BCUT2D eigenvalue weighted by Crippen LogP contribution is 2.32. The molecule has 1 amide bonds. The van der Waals surface area contributed by atoms with Crippen LogP contribution < -0.4 is 14.4 Å². The van der Waals surface area contributed by atoms with Crippen molar-refractivity contribution >= 4 is 27.3 Å². The highest BCUT2D eigenvalue weighted by Gasteiger charge is 2.28. The lowest BCUT2D eigenvalue weighted by molar-refractivity contribution is -0.118. The predicted octanol–water partition coefficient (Wildman–Crippen LogP) is 4.15. The maximum absolute atomic E-state index is 13.2. The van der Waals surface area contributed by atoms with Gasteiger partial charge in [0, 0.05) is 12.2 Å². The van der Waals surface area contributed by atoms with E-state index in [1.165, 1.54) is 16.4 Å². The van der Waals surface area contributed by atoms with Crippen LogP contribution in [0.4, 0.5) is 11.4 Å².